The van der Waals surface area contributed by atoms with Crippen LogP contribution in [0.5, 0.6) is 0 Å². The first kappa shape index (κ1) is 65.0. The summed E-state index contributed by atoms with van der Waals surface area (Å²) in [6, 6.07) is 30.1. The predicted molar refractivity (Wildman–Crippen MR) is 294 cm³/mol. The maximum Gasteiger partial charge on any atom is 0.309 e. The van der Waals surface area contributed by atoms with E-state index in [0.717, 1.165) is 49.5 Å². The summed E-state index contributed by atoms with van der Waals surface area (Å²) in [6.07, 6.45) is 6.00. The van der Waals surface area contributed by atoms with Gasteiger partial charge in [0, 0.05) is 58.0 Å². The van der Waals surface area contributed by atoms with Gasteiger partial charge in [0.25, 0.3) is 0 Å². The summed E-state index contributed by atoms with van der Waals surface area (Å²) < 4.78 is 46.0. The summed E-state index contributed by atoms with van der Waals surface area (Å²) >= 11 is 0. The van der Waals surface area contributed by atoms with E-state index >= 15 is 0 Å². The van der Waals surface area contributed by atoms with Gasteiger partial charge in [-0.2, -0.15) is 0 Å². The van der Waals surface area contributed by atoms with Gasteiger partial charge >= 0.3 is 35.8 Å². The molecule has 3 aromatic carbocycles. The number of para-hydroxylation sites is 3. The molecule has 0 bridgehead atoms. The van der Waals surface area contributed by atoms with E-state index in [2.05, 4.69) is 40.7 Å². The molecule has 0 aromatic heterocycles. The zero-order valence-corrected chi connectivity index (χ0v) is 46.6. The second-order valence-electron chi connectivity index (χ2n) is 18.4. The summed E-state index contributed by atoms with van der Waals surface area (Å²) in [5, 5.41) is 0. The quantitative estimate of drug-likeness (QED) is 0.0340. The molecule has 77 heavy (non-hydrogen) atoms. The molecule has 428 valence electrons. The Hall–Kier alpha value is -6.24. The fourth-order valence-electron chi connectivity index (χ4n) is 8.86. The highest BCUT2D eigenvalue weighted by molar-refractivity contribution is 5.82. The molecule has 3 aromatic rings. The Morgan fingerprint density at radius 1 is 0.377 bits per heavy atom. The number of benzene rings is 3. The minimum Gasteiger partial charge on any atom is -0.464 e. The monoisotopic (exact) mass is 1080 g/mol. The van der Waals surface area contributed by atoms with Crippen LogP contribution in [0.3, 0.4) is 0 Å². The highest BCUT2D eigenvalue weighted by atomic mass is 16.6. The number of carbonyl (C=O) groups excluding carboxylic acids is 6. The van der Waals surface area contributed by atoms with E-state index in [1.807, 2.05) is 85.8 Å². The van der Waals surface area contributed by atoms with E-state index in [4.69, 9.17) is 42.6 Å². The molecule has 5 rings (SSSR count). The lowest BCUT2D eigenvalue weighted by atomic mass is 9.79. The molecule has 18 heteroatoms. The van der Waals surface area contributed by atoms with Gasteiger partial charge in [-0.05, 0) is 95.7 Å². The van der Waals surface area contributed by atoms with Gasteiger partial charge in [-0.15, -0.1) is 0 Å². The number of nitrogens with zero attached hydrogens (tertiary/aromatic N) is 3. The fraction of sp³-hybridized carbons (Fsp3) is 0.593. The molecule has 0 aliphatic heterocycles. The van der Waals surface area contributed by atoms with E-state index in [-0.39, 0.29) is 68.4 Å². The van der Waals surface area contributed by atoms with Crippen molar-refractivity contribution in [2.24, 2.45) is 23.7 Å². The van der Waals surface area contributed by atoms with Gasteiger partial charge in [0.05, 0.1) is 76.0 Å². The number of anilines is 3. The topological polar surface area (TPSA) is 195 Å². The first-order valence-electron chi connectivity index (χ1n) is 27.3. The summed E-state index contributed by atoms with van der Waals surface area (Å²) in [7, 11) is 4.66. The van der Waals surface area contributed by atoms with Crippen molar-refractivity contribution in [3.63, 3.8) is 0 Å². The van der Waals surface area contributed by atoms with Crippen LogP contribution in [0, 0.1) is 23.7 Å². The Morgan fingerprint density at radius 3 is 1.00 bits per heavy atom. The second-order valence-corrected chi connectivity index (χ2v) is 18.4. The molecule has 2 atom stereocenters. The van der Waals surface area contributed by atoms with Crippen molar-refractivity contribution in [3.05, 3.63) is 91.0 Å². The van der Waals surface area contributed by atoms with Crippen molar-refractivity contribution < 1.29 is 71.4 Å². The molecular formula is C59H87N3O15. The van der Waals surface area contributed by atoms with Crippen LogP contribution in [0.4, 0.5) is 17.1 Å². The molecule has 2 unspecified atom stereocenters. The third kappa shape index (κ3) is 26.1. The van der Waals surface area contributed by atoms with Crippen LogP contribution < -0.4 is 14.7 Å². The Morgan fingerprint density at radius 2 is 0.662 bits per heavy atom. The number of carbonyl (C=O) groups is 6. The highest BCUT2D eigenvalue weighted by Crippen LogP contribution is 2.33. The zero-order chi connectivity index (χ0) is 55.9. The van der Waals surface area contributed by atoms with Gasteiger partial charge in [-0.1, -0.05) is 67.4 Å². The van der Waals surface area contributed by atoms with E-state index in [9.17, 15) is 28.8 Å². The third-order valence-corrected chi connectivity index (χ3v) is 13.3. The van der Waals surface area contributed by atoms with Gasteiger partial charge < -0.3 is 57.3 Å². The minimum absolute atomic E-state index is 0.0265. The first-order valence-corrected chi connectivity index (χ1v) is 27.3. The third-order valence-electron chi connectivity index (χ3n) is 13.3. The van der Waals surface area contributed by atoms with E-state index in [0.29, 0.717) is 97.8 Å². The lowest BCUT2D eigenvalue weighted by Crippen LogP contribution is -2.36. The number of esters is 6. The van der Waals surface area contributed by atoms with Gasteiger partial charge in [0.1, 0.15) is 39.6 Å². The van der Waals surface area contributed by atoms with Gasteiger partial charge in [0.2, 0.25) is 0 Å². The van der Waals surface area contributed by atoms with Gasteiger partial charge in [-0.3, -0.25) is 28.8 Å². The molecule has 18 nitrogen and oxygen atoms in total. The lowest BCUT2D eigenvalue weighted by Gasteiger charge is -2.29. The van der Waals surface area contributed by atoms with Crippen molar-refractivity contribution >= 4 is 52.9 Å². The largest absolute Gasteiger partial charge is 0.464 e. The standard InChI is InChI=1S/2C21H31NO5.C17H25NO5/c1-3-22(17-9-5-4-6-10-17)13-14-26-20(23)18-11-7-8-12-19(18)21(24)27-16-15-25-2;1-3-22(19-7-5-4-6-8-19)13-14-26-20(23)17-9-11-18(12-10-17)21(24)27-16-15-25-2;1-3-18(15-7-5-4-6-8-15)11-12-22-16(19)9-10-17(20)23-14-13-21-2/h4-6,9-10,18-19H,3,7-8,11-16H2,1-2H3;4-8,17-18H,3,9-16H2,1-2H3;4-8H,3,9-14H2,1-2H3. The molecule has 2 saturated carbocycles. The molecule has 0 spiro atoms. The highest BCUT2D eigenvalue weighted by Gasteiger charge is 2.38. The Kier molecular flexibility index (Phi) is 33.8. The van der Waals surface area contributed by atoms with E-state index in [1.165, 1.54) is 7.11 Å². The molecule has 0 radical (unpaired) electrons. The van der Waals surface area contributed by atoms with Gasteiger partial charge in [-0.25, -0.2) is 0 Å². The van der Waals surface area contributed by atoms with Crippen LogP contribution in [-0.2, 0) is 71.4 Å². The number of methoxy groups -OCH3 is 3. The minimum atomic E-state index is -0.418. The fourth-order valence-corrected chi connectivity index (χ4v) is 8.86. The van der Waals surface area contributed by atoms with Crippen LogP contribution in [0.1, 0.15) is 85.0 Å². The average molecular weight is 1080 g/mol. The maximum atomic E-state index is 12.6. The molecule has 2 aliphatic carbocycles. The normalized spacial score (nSPS) is 16.6. The summed E-state index contributed by atoms with van der Waals surface area (Å²) in [5.41, 5.74) is 3.32. The maximum absolute atomic E-state index is 12.6. The molecule has 0 heterocycles. The van der Waals surface area contributed by atoms with Crippen molar-refractivity contribution in [1.82, 2.24) is 0 Å². The smallest absolute Gasteiger partial charge is 0.309 e. The van der Waals surface area contributed by atoms with Crippen molar-refractivity contribution in [2.75, 3.05) is 135 Å². The number of likely N-dealkylation sites (N-methyl/N-ethyl adjacent to an activating group) is 3. The number of ether oxygens (including phenoxy) is 9. The van der Waals surface area contributed by atoms with Crippen molar-refractivity contribution in [2.45, 2.75) is 85.0 Å². The molecule has 2 aliphatic rings. The zero-order valence-electron chi connectivity index (χ0n) is 46.6. The van der Waals surface area contributed by atoms with Crippen molar-refractivity contribution in [3.8, 4) is 0 Å². The summed E-state index contributed by atoms with van der Waals surface area (Å²) in [6.45, 7) is 13.4. The van der Waals surface area contributed by atoms with E-state index in [1.54, 1.807) is 14.2 Å². The van der Waals surface area contributed by atoms with Crippen LogP contribution >= 0.6 is 0 Å². The van der Waals surface area contributed by atoms with Crippen LogP contribution in [0.2, 0.25) is 0 Å². The van der Waals surface area contributed by atoms with Crippen LogP contribution in [0.25, 0.3) is 0 Å². The molecular weight excluding hydrogens is 991 g/mol. The van der Waals surface area contributed by atoms with Crippen LogP contribution in [-0.4, -0.2) is 156 Å². The molecule has 0 saturated heterocycles. The number of rotatable bonds is 31. The Balaban J connectivity index is 0.000000305. The van der Waals surface area contributed by atoms with Crippen molar-refractivity contribution in [1.29, 1.82) is 0 Å². The molecule has 2 fully saturated rings. The lowest BCUT2D eigenvalue weighted by molar-refractivity contribution is -0.163. The summed E-state index contributed by atoms with van der Waals surface area (Å²) in [4.78, 5) is 78.6. The average Bonchev–Trinajstić information content (AvgIpc) is 3.47. The Bertz CT molecular complexity index is 2080. The van der Waals surface area contributed by atoms with E-state index < -0.39 is 23.8 Å². The predicted octanol–water partition coefficient (Wildman–Crippen LogP) is 8.13. The molecule has 0 N–H and O–H groups in total. The Labute approximate surface area is 457 Å². The molecule has 0 amide bonds. The number of hydrogen-bond donors (Lipinski definition) is 0. The second kappa shape index (κ2) is 40.0. The number of hydrogen-bond acceptors (Lipinski definition) is 18. The SMILES string of the molecule is CCN(CCOC(=O)C1CCC(C(=O)OCCOC)CC1)c1ccccc1.CCN(CCOC(=O)C1CCCCC1C(=O)OCCOC)c1ccccc1.CCN(CCOC(=O)CCC(=O)OCCOC)c1ccccc1. The summed E-state index contributed by atoms with van der Waals surface area (Å²) in [5.74, 6) is -2.76. The van der Waals surface area contributed by atoms with Crippen LogP contribution in [0.15, 0.2) is 91.0 Å². The first-order chi connectivity index (χ1) is 37.5. The van der Waals surface area contributed by atoms with Gasteiger partial charge in [0.15, 0.2) is 0 Å².